The van der Waals surface area contributed by atoms with Gasteiger partial charge in [0.2, 0.25) is 0 Å². The lowest BCUT2D eigenvalue weighted by Crippen LogP contribution is -2.36. The zero-order valence-electron chi connectivity index (χ0n) is 18.7. The monoisotopic (exact) mass is 421 g/mol. The van der Waals surface area contributed by atoms with Crippen LogP contribution in [0.3, 0.4) is 0 Å². The third kappa shape index (κ3) is 5.19. The van der Waals surface area contributed by atoms with Crippen LogP contribution in [0.2, 0.25) is 0 Å². The topological polar surface area (TPSA) is 105 Å². The number of methoxy groups -OCH3 is 3. The highest BCUT2D eigenvalue weighted by Gasteiger charge is 2.57. The van der Waals surface area contributed by atoms with Crippen molar-refractivity contribution in [3.05, 3.63) is 38.0 Å². The fourth-order valence-electron chi connectivity index (χ4n) is 3.44. The standard InChI is InChI=1S/2C8H12O2.C7H11NO2/c2*1-4-6-5-8(6,2)7(9)10-3;1-3-5-4-7(5,8)6(9)10-2/h2*4,6H,1,5H2,2-3H3;3,5H,1,4,8H2,2H3/t6-,8-;;5-,7+/m0.0/s1. The highest BCUT2D eigenvalue weighted by Crippen LogP contribution is 2.54. The van der Waals surface area contributed by atoms with Gasteiger partial charge >= 0.3 is 17.9 Å². The highest BCUT2D eigenvalue weighted by molar-refractivity contribution is 5.85. The van der Waals surface area contributed by atoms with Crippen molar-refractivity contribution in [1.82, 2.24) is 0 Å². The molecule has 0 amide bonds. The van der Waals surface area contributed by atoms with Crippen LogP contribution in [-0.4, -0.2) is 44.8 Å². The maximum absolute atomic E-state index is 11.0. The van der Waals surface area contributed by atoms with Crippen molar-refractivity contribution in [2.75, 3.05) is 21.3 Å². The first kappa shape index (κ1) is 25.6. The van der Waals surface area contributed by atoms with Gasteiger partial charge in [0, 0.05) is 5.92 Å². The van der Waals surface area contributed by atoms with Crippen LogP contribution in [0.25, 0.3) is 0 Å². The number of ether oxygens (including phenoxy) is 3. The van der Waals surface area contributed by atoms with Gasteiger partial charge < -0.3 is 19.9 Å². The molecule has 0 aromatic carbocycles. The van der Waals surface area contributed by atoms with E-state index in [-0.39, 0.29) is 34.7 Å². The molecule has 7 heteroatoms. The minimum atomic E-state index is -0.753. The van der Waals surface area contributed by atoms with Gasteiger partial charge in [0.15, 0.2) is 0 Å². The number of hydrogen-bond acceptors (Lipinski definition) is 7. The highest BCUT2D eigenvalue weighted by atomic mass is 16.5. The summed E-state index contributed by atoms with van der Waals surface area (Å²) in [5.41, 5.74) is 4.35. The summed E-state index contributed by atoms with van der Waals surface area (Å²) in [6, 6.07) is 0. The molecule has 6 atom stereocenters. The molecule has 0 bridgehead atoms. The number of rotatable bonds is 6. The van der Waals surface area contributed by atoms with Crippen LogP contribution in [0.1, 0.15) is 33.1 Å². The lowest BCUT2D eigenvalue weighted by molar-refractivity contribution is -0.147. The van der Waals surface area contributed by atoms with Gasteiger partial charge in [0.05, 0.1) is 32.2 Å². The summed E-state index contributed by atoms with van der Waals surface area (Å²) in [6.07, 6.45) is 7.78. The summed E-state index contributed by atoms with van der Waals surface area (Å²) in [4.78, 5) is 32.9. The van der Waals surface area contributed by atoms with Crippen molar-refractivity contribution in [3.63, 3.8) is 0 Å². The summed E-state index contributed by atoms with van der Waals surface area (Å²) in [5.74, 6) is 0.215. The van der Waals surface area contributed by atoms with E-state index in [0.29, 0.717) is 18.3 Å². The molecule has 0 aliphatic heterocycles. The van der Waals surface area contributed by atoms with Crippen molar-refractivity contribution < 1.29 is 28.6 Å². The zero-order valence-corrected chi connectivity index (χ0v) is 18.7. The molecule has 3 aliphatic carbocycles. The van der Waals surface area contributed by atoms with Crippen LogP contribution in [0.4, 0.5) is 0 Å². The Morgan fingerprint density at radius 1 is 0.733 bits per heavy atom. The lowest BCUT2D eigenvalue weighted by atomic mass is 10.1. The number of carbonyl (C=O) groups is 3. The molecule has 3 aliphatic rings. The number of carbonyl (C=O) groups excluding carboxylic acids is 3. The molecule has 0 saturated heterocycles. The van der Waals surface area contributed by atoms with E-state index >= 15 is 0 Å². The lowest BCUT2D eigenvalue weighted by Gasteiger charge is -2.05. The second-order valence-electron chi connectivity index (χ2n) is 8.49. The van der Waals surface area contributed by atoms with Gasteiger partial charge in [-0.15, -0.1) is 19.7 Å². The Morgan fingerprint density at radius 3 is 1.27 bits per heavy atom. The SMILES string of the molecule is C=CC1CC1(C)C(=O)OC.C=C[C@H]1C[C@]1(C)C(=O)OC.C=C[C@H]1C[C@]1(N)C(=O)OC. The summed E-state index contributed by atoms with van der Waals surface area (Å²) >= 11 is 0. The number of allylic oxidation sites excluding steroid dienone is 2. The fourth-order valence-corrected chi connectivity index (χ4v) is 3.44. The second kappa shape index (κ2) is 9.60. The predicted molar refractivity (Wildman–Crippen MR) is 114 cm³/mol. The first-order chi connectivity index (χ1) is 13.9. The van der Waals surface area contributed by atoms with Crippen LogP contribution in [0.15, 0.2) is 38.0 Å². The second-order valence-corrected chi connectivity index (χ2v) is 8.49. The van der Waals surface area contributed by atoms with Gasteiger partial charge in [-0.1, -0.05) is 18.2 Å². The molecule has 3 rings (SSSR count). The average Bonchev–Trinajstić information content (AvgIpc) is 3.70. The minimum absolute atomic E-state index is 0.111. The quantitative estimate of drug-likeness (QED) is 0.399. The molecular weight excluding hydrogens is 386 g/mol. The van der Waals surface area contributed by atoms with Crippen molar-refractivity contribution in [3.8, 4) is 0 Å². The van der Waals surface area contributed by atoms with Gasteiger partial charge in [0.25, 0.3) is 0 Å². The fraction of sp³-hybridized carbons (Fsp3) is 0.609. The molecule has 168 valence electrons. The smallest absolute Gasteiger partial charge is 0.326 e. The third-order valence-electron chi connectivity index (χ3n) is 6.39. The average molecular weight is 422 g/mol. The van der Waals surface area contributed by atoms with E-state index in [1.807, 2.05) is 26.0 Å². The Morgan fingerprint density at radius 2 is 1.07 bits per heavy atom. The molecule has 0 aromatic heterocycles. The molecule has 7 nitrogen and oxygen atoms in total. The van der Waals surface area contributed by atoms with Crippen LogP contribution >= 0.6 is 0 Å². The van der Waals surface area contributed by atoms with Gasteiger partial charge in [-0.25, -0.2) is 0 Å². The largest absolute Gasteiger partial charge is 0.469 e. The van der Waals surface area contributed by atoms with E-state index in [9.17, 15) is 14.4 Å². The van der Waals surface area contributed by atoms with Crippen molar-refractivity contribution in [1.29, 1.82) is 0 Å². The van der Waals surface area contributed by atoms with E-state index in [0.717, 1.165) is 12.8 Å². The Kier molecular flexibility index (Phi) is 8.20. The summed E-state index contributed by atoms with van der Waals surface area (Å²) in [5, 5.41) is 0. The molecule has 3 saturated carbocycles. The maximum Gasteiger partial charge on any atom is 0.326 e. The van der Waals surface area contributed by atoms with E-state index in [1.54, 1.807) is 6.08 Å². The molecule has 0 radical (unpaired) electrons. The number of hydrogen-bond donors (Lipinski definition) is 1. The van der Waals surface area contributed by atoms with E-state index in [1.165, 1.54) is 21.3 Å². The minimum Gasteiger partial charge on any atom is -0.469 e. The van der Waals surface area contributed by atoms with Crippen molar-refractivity contribution >= 4 is 17.9 Å². The normalized spacial score (nSPS) is 36.8. The molecule has 3 fully saturated rings. The molecule has 0 aromatic rings. The van der Waals surface area contributed by atoms with E-state index in [4.69, 9.17) is 5.73 Å². The maximum atomic E-state index is 11.0. The Bertz CT molecular complexity index is 623. The molecule has 0 spiro atoms. The molecule has 2 unspecified atom stereocenters. The summed E-state index contributed by atoms with van der Waals surface area (Å²) in [7, 11) is 4.19. The molecule has 0 heterocycles. The van der Waals surface area contributed by atoms with Gasteiger partial charge in [0.1, 0.15) is 5.54 Å². The van der Waals surface area contributed by atoms with Crippen LogP contribution < -0.4 is 5.73 Å². The van der Waals surface area contributed by atoms with E-state index in [2.05, 4.69) is 33.9 Å². The van der Waals surface area contributed by atoms with Gasteiger partial charge in [-0.2, -0.15) is 0 Å². The van der Waals surface area contributed by atoms with Crippen molar-refractivity contribution in [2.45, 2.75) is 38.6 Å². The van der Waals surface area contributed by atoms with Crippen LogP contribution in [0.5, 0.6) is 0 Å². The van der Waals surface area contributed by atoms with Crippen LogP contribution in [-0.2, 0) is 28.6 Å². The molecule has 30 heavy (non-hydrogen) atoms. The molecular formula is C23H35NO6. The Hall–Kier alpha value is -2.41. The van der Waals surface area contributed by atoms with Gasteiger partial charge in [-0.05, 0) is 44.9 Å². The van der Waals surface area contributed by atoms with Gasteiger partial charge in [-0.3, -0.25) is 14.4 Å². The van der Waals surface area contributed by atoms with Crippen molar-refractivity contribution in [2.24, 2.45) is 34.3 Å². The third-order valence-corrected chi connectivity index (χ3v) is 6.39. The first-order valence-corrected chi connectivity index (χ1v) is 9.86. The summed E-state index contributed by atoms with van der Waals surface area (Å²) in [6.45, 7) is 14.6. The molecule has 2 N–H and O–H groups in total. The number of nitrogens with two attached hydrogens (primary N) is 1. The van der Waals surface area contributed by atoms with E-state index < -0.39 is 5.54 Å². The first-order valence-electron chi connectivity index (χ1n) is 9.86. The number of esters is 3. The Balaban J connectivity index is 0.000000225. The predicted octanol–water partition coefficient (Wildman–Crippen LogP) is 2.81. The van der Waals surface area contributed by atoms with Crippen LogP contribution in [0, 0.1) is 28.6 Å². The zero-order chi connectivity index (χ0) is 23.3. The Labute approximate surface area is 179 Å². The summed E-state index contributed by atoms with van der Waals surface area (Å²) < 4.78 is 13.7.